The number of anilines is 1. The zero-order valence-electron chi connectivity index (χ0n) is 16.4. The fourth-order valence-electron chi connectivity index (χ4n) is 3.79. The number of hydrogen-bond acceptors (Lipinski definition) is 5. The van der Waals surface area contributed by atoms with Crippen LogP contribution in [0.25, 0.3) is 0 Å². The molecular formula is C21H28N4O2. The number of hydrogen-bond donors (Lipinski definition) is 1. The van der Waals surface area contributed by atoms with Crippen molar-refractivity contribution in [3.8, 4) is 0 Å². The zero-order chi connectivity index (χ0) is 19.4. The van der Waals surface area contributed by atoms with Crippen LogP contribution in [0.5, 0.6) is 0 Å². The highest BCUT2D eigenvalue weighted by molar-refractivity contribution is 5.91. The van der Waals surface area contributed by atoms with Crippen molar-refractivity contribution in [3.05, 3.63) is 53.5 Å². The van der Waals surface area contributed by atoms with Crippen molar-refractivity contribution in [2.75, 3.05) is 38.7 Å². The molecule has 27 heavy (non-hydrogen) atoms. The van der Waals surface area contributed by atoms with Crippen LogP contribution in [0.3, 0.4) is 0 Å². The second-order valence-corrected chi connectivity index (χ2v) is 7.75. The van der Waals surface area contributed by atoms with E-state index in [1.165, 1.54) is 22.2 Å². The van der Waals surface area contributed by atoms with Crippen molar-refractivity contribution in [1.29, 1.82) is 0 Å². The topological polar surface area (TPSA) is 69.6 Å². The summed E-state index contributed by atoms with van der Waals surface area (Å²) in [5.74, 6) is 0.541. The molecule has 1 aromatic carbocycles. The number of aliphatic hydroxyl groups excluding tert-OH is 1. The van der Waals surface area contributed by atoms with Gasteiger partial charge in [0.25, 0.3) is 5.91 Å². The summed E-state index contributed by atoms with van der Waals surface area (Å²) in [5.41, 5.74) is 2.65. The lowest BCUT2D eigenvalue weighted by Gasteiger charge is -2.42. The fraction of sp³-hybridized carbons (Fsp3) is 0.476. The first-order chi connectivity index (χ1) is 12.9. The minimum Gasteiger partial charge on any atom is -0.396 e. The van der Waals surface area contributed by atoms with Gasteiger partial charge in [-0.3, -0.25) is 9.78 Å². The normalized spacial score (nSPS) is 19.8. The van der Waals surface area contributed by atoms with Gasteiger partial charge in [0.2, 0.25) is 0 Å². The largest absolute Gasteiger partial charge is 0.396 e. The number of carbonyl (C=O) groups excluding carboxylic acids is 1. The van der Waals surface area contributed by atoms with Crippen molar-refractivity contribution in [1.82, 2.24) is 14.9 Å². The van der Waals surface area contributed by atoms with Gasteiger partial charge in [-0.2, -0.15) is 0 Å². The molecule has 0 saturated carbocycles. The summed E-state index contributed by atoms with van der Waals surface area (Å²) in [4.78, 5) is 24.6. The van der Waals surface area contributed by atoms with Gasteiger partial charge in [-0.1, -0.05) is 24.3 Å². The SMILES string of the molecule is Cc1ccccc1CC1(CO)CCCN(c2cncc(C(=O)N(C)C)n2)C1. The number of rotatable bonds is 5. The number of aromatic nitrogens is 2. The highest BCUT2D eigenvalue weighted by atomic mass is 16.3. The van der Waals surface area contributed by atoms with Gasteiger partial charge in [0, 0.05) is 32.6 Å². The first kappa shape index (κ1) is 19.3. The van der Waals surface area contributed by atoms with Gasteiger partial charge in [-0.15, -0.1) is 0 Å². The second kappa shape index (κ2) is 8.05. The monoisotopic (exact) mass is 368 g/mol. The molecular weight excluding hydrogens is 340 g/mol. The van der Waals surface area contributed by atoms with Crippen LogP contribution in [0.1, 0.15) is 34.5 Å². The average Bonchev–Trinajstić information content (AvgIpc) is 2.69. The van der Waals surface area contributed by atoms with Crippen LogP contribution in [-0.4, -0.2) is 59.7 Å². The first-order valence-electron chi connectivity index (χ1n) is 9.38. The van der Waals surface area contributed by atoms with Gasteiger partial charge in [0.1, 0.15) is 11.5 Å². The van der Waals surface area contributed by atoms with E-state index in [4.69, 9.17) is 0 Å². The van der Waals surface area contributed by atoms with Crippen molar-refractivity contribution >= 4 is 11.7 Å². The minimum absolute atomic E-state index is 0.127. The molecule has 1 aliphatic rings. The average molecular weight is 368 g/mol. The zero-order valence-corrected chi connectivity index (χ0v) is 16.4. The molecule has 1 saturated heterocycles. The number of benzene rings is 1. The quantitative estimate of drug-likeness (QED) is 0.877. The summed E-state index contributed by atoms with van der Waals surface area (Å²) >= 11 is 0. The van der Waals surface area contributed by atoms with Gasteiger partial charge in [-0.25, -0.2) is 4.98 Å². The molecule has 144 valence electrons. The van der Waals surface area contributed by atoms with Crippen molar-refractivity contribution in [3.63, 3.8) is 0 Å². The van der Waals surface area contributed by atoms with Gasteiger partial charge >= 0.3 is 0 Å². The molecule has 0 bridgehead atoms. The van der Waals surface area contributed by atoms with Crippen molar-refractivity contribution < 1.29 is 9.90 Å². The lowest BCUT2D eigenvalue weighted by molar-refractivity contribution is 0.0821. The van der Waals surface area contributed by atoms with Crippen LogP contribution in [0.2, 0.25) is 0 Å². The Morgan fingerprint density at radius 2 is 2.07 bits per heavy atom. The summed E-state index contributed by atoms with van der Waals surface area (Å²) in [6.07, 6.45) is 5.98. The molecule has 2 heterocycles. The predicted molar refractivity (Wildman–Crippen MR) is 106 cm³/mol. The third-order valence-electron chi connectivity index (χ3n) is 5.39. The van der Waals surface area contributed by atoms with Gasteiger partial charge in [0.05, 0.1) is 19.0 Å². The molecule has 6 nitrogen and oxygen atoms in total. The number of piperidine rings is 1. The Labute approximate surface area is 160 Å². The Balaban J connectivity index is 1.83. The van der Waals surface area contributed by atoms with E-state index in [1.54, 1.807) is 20.3 Å². The lowest BCUT2D eigenvalue weighted by Crippen LogP contribution is -2.47. The van der Waals surface area contributed by atoms with E-state index in [1.807, 2.05) is 6.07 Å². The van der Waals surface area contributed by atoms with Gasteiger partial charge < -0.3 is 14.9 Å². The predicted octanol–water partition coefficient (Wildman–Crippen LogP) is 2.31. The molecule has 1 fully saturated rings. The molecule has 0 aliphatic carbocycles. The van der Waals surface area contributed by atoms with Crippen molar-refractivity contribution in [2.45, 2.75) is 26.2 Å². The molecule has 0 radical (unpaired) electrons. The number of aryl methyl sites for hydroxylation is 1. The Kier molecular flexibility index (Phi) is 5.75. The lowest BCUT2D eigenvalue weighted by atomic mass is 9.75. The van der Waals surface area contributed by atoms with Crippen LogP contribution in [0.15, 0.2) is 36.7 Å². The van der Waals surface area contributed by atoms with E-state index in [2.05, 4.69) is 40.0 Å². The van der Waals surface area contributed by atoms with Crippen LogP contribution in [0.4, 0.5) is 5.82 Å². The Hall–Kier alpha value is -2.47. The summed E-state index contributed by atoms with van der Waals surface area (Å²) in [6, 6.07) is 8.35. The second-order valence-electron chi connectivity index (χ2n) is 7.75. The molecule has 0 spiro atoms. The molecule has 3 rings (SSSR count). The van der Waals surface area contributed by atoms with Crippen molar-refractivity contribution in [2.24, 2.45) is 5.41 Å². The third kappa shape index (κ3) is 4.27. The van der Waals surface area contributed by atoms with Crippen LogP contribution >= 0.6 is 0 Å². The van der Waals surface area contributed by atoms with Crippen LogP contribution in [0, 0.1) is 12.3 Å². The molecule has 1 unspecified atom stereocenters. The van der Waals surface area contributed by atoms with E-state index < -0.39 is 0 Å². The Morgan fingerprint density at radius 1 is 1.30 bits per heavy atom. The maximum Gasteiger partial charge on any atom is 0.273 e. The Morgan fingerprint density at radius 3 is 2.78 bits per heavy atom. The standard InChI is InChI=1S/C21H28N4O2/c1-16-7-4-5-8-17(16)11-21(15-26)9-6-10-25(14-21)19-13-22-12-18(23-19)20(27)24(2)3/h4-5,7-8,12-13,26H,6,9-11,14-15H2,1-3H3. The summed E-state index contributed by atoms with van der Waals surface area (Å²) in [5, 5.41) is 10.3. The summed E-state index contributed by atoms with van der Waals surface area (Å²) in [6.45, 7) is 3.79. The Bertz CT molecular complexity index is 808. The molecule has 1 N–H and O–H groups in total. The number of aliphatic hydroxyl groups is 1. The summed E-state index contributed by atoms with van der Waals surface area (Å²) < 4.78 is 0. The molecule has 2 aromatic rings. The molecule has 1 aliphatic heterocycles. The number of amides is 1. The maximum absolute atomic E-state index is 12.2. The molecule has 1 atom stereocenters. The molecule has 1 amide bonds. The minimum atomic E-state index is -0.215. The highest BCUT2D eigenvalue weighted by Crippen LogP contribution is 2.35. The first-order valence-corrected chi connectivity index (χ1v) is 9.38. The maximum atomic E-state index is 12.2. The van der Waals surface area contributed by atoms with E-state index in [0.717, 1.165) is 25.8 Å². The fourth-order valence-corrected chi connectivity index (χ4v) is 3.79. The number of nitrogens with zero attached hydrogens (tertiary/aromatic N) is 4. The van der Waals surface area contributed by atoms with E-state index in [9.17, 15) is 9.90 Å². The van der Waals surface area contributed by atoms with E-state index >= 15 is 0 Å². The van der Waals surface area contributed by atoms with Gasteiger partial charge in [-0.05, 0) is 37.3 Å². The molecule has 6 heteroatoms. The van der Waals surface area contributed by atoms with Gasteiger partial charge in [0.15, 0.2) is 0 Å². The highest BCUT2D eigenvalue weighted by Gasteiger charge is 2.36. The van der Waals surface area contributed by atoms with Crippen LogP contribution in [-0.2, 0) is 6.42 Å². The van der Waals surface area contributed by atoms with Crippen LogP contribution < -0.4 is 4.90 Å². The smallest absolute Gasteiger partial charge is 0.273 e. The molecule has 1 aromatic heterocycles. The van der Waals surface area contributed by atoms with E-state index in [-0.39, 0.29) is 17.9 Å². The summed E-state index contributed by atoms with van der Waals surface area (Å²) in [7, 11) is 3.41. The number of carbonyl (C=O) groups is 1. The van der Waals surface area contributed by atoms with E-state index in [0.29, 0.717) is 18.1 Å². The third-order valence-corrected chi connectivity index (χ3v) is 5.39.